The molecule has 0 spiro atoms. The van der Waals surface area contributed by atoms with Crippen molar-refractivity contribution >= 4 is 17.8 Å². The molecule has 0 saturated carbocycles. The minimum Gasteiger partial charge on any atom is -0.452 e. The third-order valence-electron chi connectivity index (χ3n) is 3.58. The van der Waals surface area contributed by atoms with Crippen LogP contribution in [0.15, 0.2) is 24.3 Å². The molecule has 0 saturated heterocycles. The summed E-state index contributed by atoms with van der Waals surface area (Å²) >= 11 is 0. The van der Waals surface area contributed by atoms with Crippen LogP contribution in [0.4, 0.5) is 0 Å². The van der Waals surface area contributed by atoms with Gasteiger partial charge in [-0.25, -0.2) is 4.79 Å². The van der Waals surface area contributed by atoms with Gasteiger partial charge in [0.05, 0.1) is 12.1 Å². The van der Waals surface area contributed by atoms with Crippen LogP contribution in [0, 0.1) is 0 Å². The molecule has 0 aromatic heterocycles. The number of carbonyl (C=O) groups is 3. The van der Waals surface area contributed by atoms with Crippen molar-refractivity contribution in [1.29, 1.82) is 0 Å². The summed E-state index contributed by atoms with van der Waals surface area (Å²) in [7, 11) is 0. The molecular weight excluding hydrogens is 308 g/mol. The van der Waals surface area contributed by atoms with E-state index in [4.69, 9.17) is 4.74 Å². The topological polar surface area (TPSA) is 75.7 Å². The zero-order chi connectivity index (χ0) is 18.1. The summed E-state index contributed by atoms with van der Waals surface area (Å²) in [5.74, 6) is -0.795. The summed E-state index contributed by atoms with van der Waals surface area (Å²) in [6, 6.07) is 7.12. The van der Waals surface area contributed by atoms with Gasteiger partial charge in [-0.1, -0.05) is 26.0 Å². The molecule has 132 valence electrons. The van der Waals surface area contributed by atoms with Crippen LogP contribution >= 0.6 is 0 Å². The molecule has 0 aliphatic heterocycles. The molecule has 2 amide bonds. The Kier molecular flexibility index (Phi) is 7.95. The maximum absolute atomic E-state index is 12.1. The summed E-state index contributed by atoms with van der Waals surface area (Å²) in [5, 5.41) is 2.63. The number of amides is 2. The lowest BCUT2D eigenvalue weighted by atomic mass is 10.0. The van der Waals surface area contributed by atoms with Crippen LogP contribution in [0.3, 0.4) is 0 Å². The highest BCUT2D eigenvalue weighted by Gasteiger charge is 2.17. The number of hydrogen-bond donors (Lipinski definition) is 1. The Morgan fingerprint density at radius 3 is 2.25 bits per heavy atom. The molecule has 1 rings (SSSR count). The molecule has 1 aromatic rings. The van der Waals surface area contributed by atoms with E-state index in [1.165, 1.54) is 4.90 Å². The monoisotopic (exact) mass is 334 g/mol. The fourth-order valence-corrected chi connectivity index (χ4v) is 2.11. The van der Waals surface area contributed by atoms with Crippen LogP contribution in [0.5, 0.6) is 0 Å². The average molecular weight is 334 g/mol. The lowest BCUT2D eigenvalue weighted by Gasteiger charge is -2.20. The Morgan fingerprint density at radius 2 is 1.75 bits per heavy atom. The molecule has 0 fully saturated rings. The van der Waals surface area contributed by atoms with Crippen molar-refractivity contribution in [2.75, 3.05) is 26.2 Å². The van der Waals surface area contributed by atoms with Crippen LogP contribution in [-0.4, -0.2) is 48.9 Å². The molecule has 0 aliphatic carbocycles. The number of carbonyl (C=O) groups excluding carboxylic acids is 3. The lowest BCUT2D eigenvalue weighted by molar-refractivity contribution is -0.138. The van der Waals surface area contributed by atoms with Crippen molar-refractivity contribution in [3.05, 3.63) is 35.4 Å². The number of nitrogens with one attached hydrogen (secondary N) is 1. The van der Waals surface area contributed by atoms with E-state index >= 15 is 0 Å². The summed E-state index contributed by atoms with van der Waals surface area (Å²) in [6.45, 7) is 8.18. The quantitative estimate of drug-likeness (QED) is 0.737. The van der Waals surface area contributed by atoms with Crippen LogP contribution in [-0.2, 0) is 14.3 Å². The predicted octanol–water partition coefficient (Wildman–Crippen LogP) is 1.95. The van der Waals surface area contributed by atoms with Gasteiger partial charge in [0.25, 0.3) is 5.91 Å². The SMILES string of the molecule is CCNC(=O)CN(CC)C(=O)COC(=O)c1ccc(C(C)C)cc1. The van der Waals surface area contributed by atoms with Gasteiger partial charge >= 0.3 is 5.97 Å². The molecule has 24 heavy (non-hydrogen) atoms. The fraction of sp³-hybridized carbons (Fsp3) is 0.500. The Bertz CT molecular complexity index is 567. The maximum atomic E-state index is 12.1. The zero-order valence-corrected chi connectivity index (χ0v) is 14.8. The molecule has 0 bridgehead atoms. The Labute approximate surface area is 143 Å². The van der Waals surface area contributed by atoms with E-state index in [1.807, 2.05) is 19.1 Å². The molecular formula is C18H26N2O4. The summed E-state index contributed by atoms with van der Waals surface area (Å²) < 4.78 is 5.05. The first-order chi connectivity index (χ1) is 11.4. The molecule has 0 unspecified atom stereocenters. The first-order valence-electron chi connectivity index (χ1n) is 8.20. The number of likely N-dealkylation sites (N-methyl/N-ethyl adjacent to an activating group) is 2. The molecule has 6 heteroatoms. The number of nitrogens with zero attached hydrogens (tertiary/aromatic N) is 1. The van der Waals surface area contributed by atoms with Gasteiger partial charge in [0.15, 0.2) is 6.61 Å². The van der Waals surface area contributed by atoms with Gasteiger partial charge in [0.2, 0.25) is 5.91 Å². The Morgan fingerprint density at radius 1 is 1.12 bits per heavy atom. The largest absolute Gasteiger partial charge is 0.452 e. The van der Waals surface area contributed by atoms with Crippen molar-refractivity contribution in [3.63, 3.8) is 0 Å². The second-order valence-corrected chi connectivity index (χ2v) is 5.71. The van der Waals surface area contributed by atoms with Gasteiger partial charge in [-0.2, -0.15) is 0 Å². The number of esters is 1. The molecule has 6 nitrogen and oxygen atoms in total. The smallest absolute Gasteiger partial charge is 0.338 e. The molecule has 1 N–H and O–H groups in total. The van der Waals surface area contributed by atoms with E-state index in [0.717, 1.165) is 5.56 Å². The predicted molar refractivity (Wildman–Crippen MR) is 91.8 cm³/mol. The number of rotatable bonds is 8. The van der Waals surface area contributed by atoms with Crippen LogP contribution in [0.1, 0.15) is 49.5 Å². The van der Waals surface area contributed by atoms with Crippen LogP contribution < -0.4 is 5.32 Å². The van der Waals surface area contributed by atoms with Gasteiger partial charge in [0.1, 0.15) is 0 Å². The Balaban J connectivity index is 2.55. The lowest BCUT2D eigenvalue weighted by Crippen LogP contribution is -2.42. The van der Waals surface area contributed by atoms with Crippen LogP contribution in [0.25, 0.3) is 0 Å². The van der Waals surface area contributed by atoms with Gasteiger partial charge in [-0.05, 0) is 37.5 Å². The van der Waals surface area contributed by atoms with Gasteiger partial charge in [-0.15, -0.1) is 0 Å². The minimum atomic E-state index is -0.548. The third kappa shape index (κ3) is 6.02. The second kappa shape index (κ2) is 9.70. The van der Waals surface area contributed by atoms with E-state index in [0.29, 0.717) is 24.6 Å². The molecule has 1 aromatic carbocycles. The second-order valence-electron chi connectivity index (χ2n) is 5.71. The van der Waals surface area contributed by atoms with E-state index in [9.17, 15) is 14.4 Å². The van der Waals surface area contributed by atoms with E-state index in [2.05, 4.69) is 19.2 Å². The highest BCUT2D eigenvalue weighted by atomic mass is 16.5. The molecule has 0 atom stereocenters. The van der Waals surface area contributed by atoms with Crippen molar-refractivity contribution in [2.45, 2.75) is 33.6 Å². The van der Waals surface area contributed by atoms with Gasteiger partial charge in [0, 0.05) is 13.1 Å². The highest BCUT2D eigenvalue weighted by molar-refractivity contribution is 5.92. The zero-order valence-electron chi connectivity index (χ0n) is 14.8. The maximum Gasteiger partial charge on any atom is 0.338 e. The van der Waals surface area contributed by atoms with Gasteiger partial charge in [-0.3, -0.25) is 9.59 Å². The average Bonchev–Trinajstić information content (AvgIpc) is 2.57. The standard InChI is InChI=1S/C18H26N2O4/c1-5-19-16(21)11-20(6-2)17(22)12-24-18(23)15-9-7-14(8-10-15)13(3)4/h7-10,13H,5-6,11-12H2,1-4H3,(H,19,21). The summed E-state index contributed by atoms with van der Waals surface area (Å²) in [4.78, 5) is 37.0. The van der Waals surface area contributed by atoms with E-state index in [1.54, 1.807) is 19.1 Å². The summed E-state index contributed by atoms with van der Waals surface area (Å²) in [5.41, 5.74) is 1.53. The van der Waals surface area contributed by atoms with E-state index in [-0.39, 0.29) is 19.1 Å². The number of hydrogen-bond acceptors (Lipinski definition) is 4. The van der Waals surface area contributed by atoms with Crippen molar-refractivity contribution < 1.29 is 19.1 Å². The normalized spacial score (nSPS) is 10.4. The third-order valence-corrected chi connectivity index (χ3v) is 3.58. The highest BCUT2D eigenvalue weighted by Crippen LogP contribution is 2.15. The first-order valence-corrected chi connectivity index (χ1v) is 8.20. The molecule has 0 aliphatic rings. The first kappa shape index (κ1) is 19.7. The van der Waals surface area contributed by atoms with Crippen LogP contribution in [0.2, 0.25) is 0 Å². The van der Waals surface area contributed by atoms with E-state index < -0.39 is 11.9 Å². The summed E-state index contributed by atoms with van der Waals surface area (Å²) in [6.07, 6.45) is 0. The fourth-order valence-electron chi connectivity index (χ4n) is 2.11. The number of ether oxygens (including phenoxy) is 1. The van der Waals surface area contributed by atoms with Crippen molar-refractivity contribution in [3.8, 4) is 0 Å². The number of benzene rings is 1. The molecule has 0 radical (unpaired) electrons. The Hall–Kier alpha value is -2.37. The van der Waals surface area contributed by atoms with Gasteiger partial charge < -0.3 is 15.0 Å². The minimum absolute atomic E-state index is 0.0379. The van der Waals surface area contributed by atoms with Crippen molar-refractivity contribution in [2.24, 2.45) is 0 Å². The van der Waals surface area contributed by atoms with Crippen molar-refractivity contribution in [1.82, 2.24) is 10.2 Å². The molecule has 0 heterocycles.